The molecular weight excluding hydrogens is 466 g/mol. The van der Waals surface area contributed by atoms with E-state index < -0.39 is 6.04 Å². The fourth-order valence-corrected chi connectivity index (χ4v) is 4.09. The van der Waals surface area contributed by atoms with Crippen LogP contribution in [-0.2, 0) is 22.6 Å². The molecule has 0 spiro atoms. The summed E-state index contributed by atoms with van der Waals surface area (Å²) in [5.41, 5.74) is 2.86. The van der Waals surface area contributed by atoms with Crippen molar-refractivity contribution in [1.82, 2.24) is 9.88 Å². The first-order chi connectivity index (χ1) is 18.1. The number of benzene rings is 3. The second kappa shape index (κ2) is 12.4. The van der Waals surface area contributed by atoms with E-state index in [-0.39, 0.29) is 24.8 Å². The van der Waals surface area contributed by atoms with E-state index in [1.807, 2.05) is 72.8 Å². The van der Waals surface area contributed by atoms with Crippen LogP contribution in [0.5, 0.6) is 11.5 Å². The third-order valence-electron chi connectivity index (χ3n) is 5.94. The van der Waals surface area contributed by atoms with Gasteiger partial charge in [-0.15, -0.1) is 0 Å². The summed E-state index contributed by atoms with van der Waals surface area (Å²) in [5.74, 6) is 0.514. The van der Waals surface area contributed by atoms with Gasteiger partial charge >= 0.3 is 0 Å². The summed E-state index contributed by atoms with van der Waals surface area (Å²) >= 11 is 0. The lowest BCUT2D eigenvalue weighted by Gasteiger charge is -2.32. The molecule has 7 heteroatoms. The minimum Gasteiger partial charge on any atom is -0.497 e. The van der Waals surface area contributed by atoms with Crippen LogP contribution < -0.4 is 14.8 Å². The molecule has 3 aromatic carbocycles. The Hall–Kier alpha value is -4.65. The number of methoxy groups -OCH3 is 2. The molecule has 188 valence electrons. The summed E-state index contributed by atoms with van der Waals surface area (Å²) in [6, 6.07) is 26.7. The molecule has 4 rings (SSSR count). The van der Waals surface area contributed by atoms with E-state index in [1.165, 1.54) is 7.11 Å². The third kappa shape index (κ3) is 6.52. The average Bonchev–Trinajstić information content (AvgIpc) is 2.94. The van der Waals surface area contributed by atoms with Crippen LogP contribution in [0.4, 0.5) is 5.69 Å². The summed E-state index contributed by atoms with van der Waals surface area (Å²) < 4.78 is 10.7. The molecule has 4 aromatic rings. The van der Waals surface area contributed by atoms with E-state index in [9.17, 15) is 9.59 Å². The first-order valence-corrected chi connectivity index (χ1v) is 11.9. The molecule has 0 saturated carbocycles. The number of amides is 2. The molecular formula is C30H29N3O4. The van der Waals surface area contributed by atoms with E-state index in [2.05, 4.69) is 10.3 Å². The molecule has 37 heavy (non-hydrogen) atoms. The molecule has 0 bridgehead atoms. The van der Waals surface area contributed by atoms with Gasteiger partial charge in [-0.1, -0.05) is 66.7 Å². The number of aromatic nitrogens is 1. The lowest BCUT2D eigenvalue weighted by Crippen LogP contribution is -2.41. The monoisotopic (exact) mass is 495 g/mol. The number of rotatable bonds is 10. The van der Waals surface area contributed by atoms with E-state index in [1.54, 1.807) is 42.6 Å². The topological polar surface area (TPSA) is 80.8 Å². The Morgan fingerprint density at radius 3 is 2.22 bits per heavy atom. The van der Waals surface area contributed by atoms with Gasteiger partial charge in [0.05, 0.1) is 26.3 Å². The van der Waals surface area contributed by atoms with Crippen LogP contribution >= 0.6 is 0 Å². The van der Waals surface area contributed by atoms with E-state index in [4.69, 9.17) is 9.47 Å². The summed E-state index contributed by atoms with van der Waals surface area (Å²) in [4.78, 5) is 33.5. The number of carbonyl (C=O) groups excluding carboxylic acids is 2. The molecule has 1 heterocycles. The standard InChI is InChI=1S/C30H29N3O4/c1-36-25-15-16-26(27(19-25)37-2)32-30(35)29(24-13-7-4-8-14-24)33(21-23-12-9-17-31-20-23)28(34)18-22-10-5-3-6-11-22/h3-17,19-20,29H,18,21H2,1-2H3,(H,32,35). The van der Waals surface area contributed by atoms with Gasteiger partial charge in [0.1, 0.15) is 17.5 Å². The minimum atomic E-state index is -0.899. The largest absolute Gasteiger partial charge is 0.497 e. The van der Waals surface area contributed by atoms with Crippen molar-refractivity contribution >= 4 is 17.5 Å². The smallest absolute Gasteiger partial charge is 0.251 e. The van der Waals surface area contributed by atoms with Gasteiger partial charge in [0, 0.05) is 25.0 Å². The zero-order valence-electron chi connectivity index (χ0n) is 20.8. The van der Waals surface area contributed by atoms with Gasteiger partial charge in [0.15, 0.2) is 0 Å². The minimum absolute atomic E-state index is 0.156. The molecule has 1 unspecified atom stereocenters. The van der Waals surface area contributed by atoms with Crippen LogP contribution in [0.3, 0.4) is 0 Å². The molecule has 1 N–H and O–H groups in total. The van der Waals surface area contributed by atoms with Crippen LogP contribution in [-0.4, -0.2) is 35.9 Å². The summed E-state index contributed by atoms with van der Waals surface area (Å²) in [6.07, 6.45) is 3.54. The van der Waals surface area contributed by atoms with E-state index >= 15 is 0 Å². The second-order valence-electron chi connectivity index (χ2n) is 8.41. The van der Waals surface area contributed by atoms with Crippen LogP contribution in [0.15, 0.2) is 103 Å². The Kier molecular flexibility index (Phi) is 8.49. The van der Waals surface area contributed by atoms with E-state index in [0.717, 1.165) is 11.1 Å². The van der Waals surface area contributed by atoms with Gasteiger partial charge in [-0.25, -0.2) is 0 Å². The van der Waals surface area contributed by atoms with Crippen molar-refractivity contribution < 1.29 is 19.1 Å². The number of nitrogens with one attached hydrogen (secondary N) is 1. The molecule has 1 aromatic heterocycles. The Morgan fingerprint density at radius 1 is 0.865 bits per heavy atom. The predicted octanol–water partition coefficient (Wildman–Crippen LogP) is 5.05. The van der Waals surface area contributed by atoms with Gasteiger partial charge in [0.25, 0.3) is 5.91 Å². The van der Waals surface area contributed by atoms with Crippen molar-refractivity contribution in [3.63, 3.8) is 0 Å². The number of anilines is 1. The highest BCUT2D eigenvalue weighted by Gasteiger charge is 2.32. The number of pyridine rings is 1. The number of hydrogen-bond donors (Lipinski definition) is 1. The maximum Gasteiger partial charge on any atom is 0.251 e. The maximum atomic E-state index is 13.9. The normalized spacial score (nSPS) is 11.3. The Labute approximate surface area is 216 Å². The molecule has 1 atom stereocenters. The van der Waals surface area contributed by atoms with Crippen LogP contribution in [0.1, 0.15) is 22.7 Å². The maximum absolute atomic E-state index is 13.9. The van der Waals surface area contributed by atoms with Gasteiger partial charge in [0.2, 0.25) is 5.91 Å². The van der Waals surface area contributed by atoms with Gasteiger partial charge in [-0.05, 0) is 34.9 Å². The highest BCUT2D eigenvalue weighted by molar-refractivity contribution is 5.99. The fraction of sp³-hybridized carbons (Fsp3) is 0.167. The lowest BCUT2D eigenvalue weighted by atomic mass is 10.0. The molecule has 0 aliphatic rings. The average molecular weight is 496 g/mol. The predicted molar refractivity (Wildman–Crippen MR) is 142 cm³/mol. The summed E-state index contributed by atoms with van der Waals surface area (Å²) in [6.45, 7) is 0.215. The molecule has 7 nitrogen and oxygen atoms in total. The fourth-order valence-electron chi connectivity index (χ4n) is 4.09. The number of hydrogen-bond acceptors (Lipinski definition) is 5. The molecule has 0 fully saturated rings. The second-order valence-corrected chi connectivity index (χ2v) is 8.41. The quantitative estimate of drug-likeness (QED) is 0.333. The first-order valence-electron chi connectivity index (χ1n) is 11.9. The van der Waals surface area contributed by atoms with Crippen LogP contribution in [0.2, 0.25) is 0 Å². The van der Waals surface area contributed by atoms with Crippen molar-refractivity contribution in [1.29, 1.82) is 0 Å². The zero-order valence-corrected chi connectivity index (χ0v) is 20.8. The number of carbonyl (C=O) groups is 2. The first kappa shape index (κ1) is 25.4. The van der Waals surface area contributed by atoms with Crippen molar-refractivity contribution in [2.24, 2.45) is 0 Å². The Bertz CT molecular complexity index is 1310. The van der Waals surface area contributed by atoms with E-state index in [0.29, 0.717) is 22.7 Å². The van der Waals surface area contributed by atoms with Gasteiger partial charge in [-0.2, -0.15) is 0 Å². The number of nitrogens with zero attached hydrogens (tertiary/aromatic N) is 2. The van der Waals surface area contributed by atoms with Gasteiger partial charge in [-0.3, -0.25) is 14.6 Å². The lowest BCUT2D eigenvalue weighted by molar-refractivity contribution is -0.139. The SMILES string of the molecule is COc1ccc(NC(=O)C(c2ccccc2)N(Cc2cccnc2)C(=O)Cc2ccccc2)c(OC)c1. The van der Waals surface area contributed by atoms with Crippen molar-refractivity contribution in [3.05, 3.63) is 120 Å². The molecule has 0 saturated heterocycles. The molecule has 2 amide bonds. The zero-order chi connectivity index (χ0) is 26.0. The van der Waals surface area contributed by atoms with Crippen molar-refractivity contribution in [3.8, 4) is 11.5 Å². The Morgan fingerprint density at radius 2 is 1.57 bits per heavy atom. The van der Waals surface area contributed by atoms with Crippen LogP contribution in [0, 0.1) is 0 Å². The van der Waals surface area contributed by atoms with Crippen molar-refractivity contribution in [2.45, 2.75) is 19.0 Å². The Balaban J connectivity index is 1.73. The van der Waals surface area contributed by atoms with Crippen molar-refractivity contribution in [2.75, 3.05) is 19.5 Å². The highest BCUT2D eigenvalue weighted by atomic mass is 16.5. The molecule has 0 aliphatic carbocycles. The summed E-state index contributed by atoms with van der Waals surface area (Å²) in [7, 11) is 3.09. The summed E-state index contributed by atoms with van der Waals surface area (Å²) in [5, 5.41) is 2.97. The highest BCUT2D eigenvalue weighted by Crippen LogP contribution is 2.32. The van der Waals surface area contributed by atoms with Gasteiger partial charge < -0.3 is 19.7 Å². The number of ether oxygens (including phenoxy) is 2. The van der Waals surface area contributed by atoms with Crippen LogP contribution in [0.25, 0.3) is 0 Å². The molecule has 0 radical (unpaired) electrons. The molecule has 0 aliphatic heterocycles. The third-order valence-corrected chi connectivity index (χ3v) is 5.94.